The first-order valence-corrected chi connectivity index (χ1v) is 9.13. The van der Waals surface area contributed by atoms with Gasteiger partial charge in [0.25, 0.3) is 0 Å². The Hall–Kier alpha value is -1.80. The van der Waals surface area contributed by atoms with Crippen molar-refractivity contribution in [3.05, 3.63) is 29.1 Å². The molecule has 0 unspecified atom stereocenters. The van der Waals surface area contributed by atoms with Gasteiger partial charge in [-0.05, 0) is 31.1 Å². The lowest BCUT2D eigenvalue weighted by Crippen LogP contribution is -2.47. The number of hydrogen-bond acceptors (Lipinski definition) is 6. The van der Waals surface area contributed by atoms with Crippen LogP contribution in [0.15, 0.2) is 18.5 Å². The van der Waals surface area contributed by atoms with Gasteiger partial charge in [-0.2, -0.15) is 5.10 Å². The fraction of sp³-hybridized carbons (Fsp3) is 0.625. The second-order valence-electron chi connectivity index (χ2n) is 6.46. The average Bonchev–Trinajstić information content (AvgIpc) is 2.79. The molecule has 7 nitrogen and oxygen atoms in total. The standard InChI is InChI=1S/C16H23N7S/c24-16-22-8-3-1-2-5-14(22)19-23(16)13-20-9-11-21(12-10-20)15-17-6-4-7-18-15/h4,6-7H,1-3,5,8-13H2. The molecule has 0 radical (unpaired) electrons. The number of fused-ring (bicyclic) bond motifs is 1. The minimum absolute atomic E-state index is 0.780. The third kappa shape index (κ3) is 3.21. The van der Waals surface area contributed by atoms with E-state index in [1.165, 1.54) is 19.3 Å². The Morgan fingerprint density at radius 2 is 1.75 bits per heavy atom. The molecule has 0 amide bonds. The zero-order valence-corrected chi connectivity index (χ0v) is 14.7. The monoisotopic (exact) mass is 345 g/mol. The maximum Gasteiger partial charge on any atom is 0.225 e. The van der Waals surface area contributed by atoms with E-state index in [4.69, 9.17) is 17.3 Å². The smallest absolute Gasteiger partial charge is 0.225 e. The normalized spacial score (nSPS) is 19.1. The van der Waals surface area contributed by atoms with Crippen LogP contribution in [0.1, 0.15) is 25.1 Å². The van der Waals surface area contributed by atoms with E-state index in [2.05, 4.69) is 24.3 Å². The van der Waals surface area contributed by atoms with E-state index in [1.807, 2.05) is 10.7 Å². The Kier molecular flexibility index (Phi) is 4.57. The summed E-state index contributed by atoms with van der Waals surface area (Å²) in [6.07, 6.45) is 8.36. The molecule has 24 heavy (non-hydrogen) atoms. The highest BCUT2D eigenvalue weighted by Crippen LogP contribution is 2.15. The molecule has 4 rings (SSSR count). The van der Waals surface area contributed by atoms with Gasteiger partial charge in [0, 0.05) is 51.5 Å². The van der Waals surface area contributed by atoms with Crippen LogP contribution in [-0.4, -0.2) is 55.4 Å². The van der Waals surface area contributed by atoms with E-state index in [9.17, 15) is 0 Å². The Morgan fingerprint density at radius 3 is 2.54 bits per heavy atom. The lowest BCUT2D eigenvalue weighted by Gasteiger charge is -2.34. The summed E-state index contributed by atoms with van der Waals surface area (Å²) < 4.78 is 5.11. The van der Waals surface area contributed by atoms with Gasteiger partial charge in [-0.3, -0.25) is 4.90 Å². The molecule has 2 aromatic heterocycles. The molecule has 0 spiro atoms. The van der Waals surface area contributed by atoms with E-state index in [1.54, 1.807) is 12.4 Å². The molecule has 0 bridgehead atoms. The van der Waals surface area contributed by atoms with Crippen molar-refractivity contribution in [1.82, 2.24) is 29.2 Å². The molecule has 2 aromatic rings. The topological polar surface area (TPSA) is 55.0 Å². The van der Waals surface area contributed by atoms with Crippen molar-refractivity contribution in [2.75, 3.05) is 31.1 Å². The molecule has 2 aliphatic rings. The van der Waals surface area contributed by atoms with E-state index in [0.717, 1.165) is 62.4 Å². The molecule has 0 N–H and O–H groups in total. The highest BCUT2D eigenvalue weighted by molar-refractivity contribution is 7.71. The molecular formula is C16H23N7S. The van der Waals surface area contributed by atoms with Crippen LogP contribution in [0.25, 0.3) is 0 Å². The van der Waals surface area contributed by atoms with Crippen LogP contribution in [0.2, 0.25) is 0 Å². The van der Waals surface area contributed by atoms with Crippen LogP contribution in [0.5, 0.6) is 0 Å². The van der Waals surface area contributed by atoms with Gasteiger partial charge < -0.3 is 9.47 Å². The SMILES string of the molecule is S=c1n(CN2CCN(c3ncccn3)CC2)nc2n1CCCCC2. The summed E-state index contributed by atoms with van der Waals surface area (Å²) in [7, 11) is 0. The molecule has 1 saturated heterocycles. The molecular weight excluding hydrogens is 322 g/mol. The third-order valence-electron chi connectivity index (χ3n) is 4.82. The first kappa shape index (κ1) is 15.7. The Bertz CT molecular complexity index is 731. The second kappa shape index (κ2) is 6.98. The first-order chi connectivity index (χ1) is 11.8. The molecule has 0 saturated carbocycles. The Morgan fingerprint density at radius 1 is 0.958 bits per heavy atom. The van der Waals surface area contributed by atoms with Crippen LogP contribution >= 0.6 is 12.2 Å². The second-order valence-corrected chi connectivity index (χ2v) is 6.82. The maximum atomic E-state index is 5.65. The van der Waals surface area contributed by atoms with Crippen LogP contribution in [0, 0.1) is 4.77 Å². The number of aromatic nitrogens is 5. The number of nitrogens with zero attached hydrogens (tertiary/aromatic N) is 7. The molecule has 0 aliphatic carbocycles. The molecule has 0 aromatic carbocycles. The van der Waals surface area contributed by atoms with Crippen molar-refractivity contribution in [1.29, 1.82) is 0 Å². The summed E-state index contributed by atoms with van der Waals surface area (Å²) in [6, 6.07) is 1.85. The fourth-order valence-corrected chi connectivity index (χ4v) is 3.75. The van der Waals surface area contributed by atoms with Gasteiger partial charge in [-0.1, -0.05) is 6.42 Å². The van der Waals surface area contributed by atoms with Crippen molar-refractivity contribution >= 4 is 18.2 Å². The maximum absolute atomic E-state index is 5.65. The highest BCUT2D eigenvalue weighted by Gasteiger charge is 2.20. The Labute approximate surface area is 146 Å². The minimum atomic E-state index is 0.780. The fourth-order valence-electron chi connectivity index (χ4n) is 3.45. The van der Waals surface area contributed by atoms with Crippen LogP contribution in [0.3, 0.4) is 0 Å². The Balaban J connectivity index is 1.40. The average molecular weight is 345 g/mol. The summed E-state index contributed by atoms with van der Waals surface area (Å²) in [6.45, 7) is 5.62. The minimum Gasteiger partial charge on any atom is -0.338 e. The van der Waals surface area contributed by atoms with E-state index >= 15 is 0 Å². The van der Waals surface area contributed by atoms with Crippen molar-refractivity contribution in [3.8, 4) is 0 Å². The number of rotatable bonds is 3. The van der Waals surface area contributed by atoms with Crippen molar-refractivity contribution < 1.29 is 0 Å². The predicted molar refractivity (Wildman–Crippen MR) is 94.4 cm³/mol. The zero-order valence-electron chi connectivity index (χ0n) is 13.8. The van der Waals surface area contributed by atoms with E-state index < -0.39 is 0 Å². The van der Waals surface area contributed by atoms with Crippen LogP contribution in [0.4, 0.5) is 5.95 Å². The van der Waals surface area contributed by atoms with E-state index in [-0.39, 0.29) is 0 Å². The van der Waals surface area contributed by atoms with Gasteiger partial charge in [0.2, 0.25) is 5.95 Å². The van der Waals surface area contributed by atoms with Gasteiger partial charge in [0.15, 0.2) is 4.77 Å². The molecule has 8 heteroatoms. The lowest BCUT2D eigenvalue weighted by atomic mass is 10.2. The summed E-state index contributed by atoms with van der Waals surface area (Å²) in [5.41, 5.74) is 0. The summed E-state index contributed by atoms with van der Waals surface area (Å²) in [5.74, 6) is 1.98. The first-order valence-electron chi connectivity index (χ1n) is 8.72. The zero-order chi connectivity index (χ0) is 16.4. The number of aryl methyl sites for hydroxylation is 1. The van der Waals surface area contributed by atoms with Crippen LogP contribution < -0.4 is 4.90 Å². The van der Waals surface area contributed by atoms with Crippen molar-refractivity contribution in [2.45, 2.75) is 38.9 Å². The van der Waals surface area contributed by atoms with Crippen LogP contribution in [-0.2, 0) is 19.6 Å². The summed E-state index contributed by atoms with van der Waals surface area (Å²) >= 11 is 5.65. The summed E-state index contributed by atoms with van der Waals surface area (Å²) in [4.78, 5) is 13.3. The molecule has 4 heterocycles. The van der Waals surface area contributed by atoms with Gasteiger partial charge in [0.1, 0.15) is 5.82 Å². The molecule has 1 fully saturated rings. The number of piperazine rings is 1. The quantitative estimate of drug-likeness (QED) is 0.790. The van der Waals surface area contributed by atoms with Gasteiger partial charge >= 0.3 is 0 Å². The van der Waals surface area contributed by atoms with E-state index in [0.29, 0.717) is 0 Å². The van der Waals surface area contributed by atoms with Gasteiger partial charge in [-0.15, -0.1) is 0 Å². The molecule has 0 atom stereocenters. The van der Waals surface area contributed by atoms with Crippen molar-refractivity contribution in [3.63, 3.8) is 0 Å². The lowest BCUT2D eigenvalue weighted by molar-refractivity contribution is 0.193. The highest BCUT2D eigenvalue weighted by atomic mass is 32.1. The molecule has 2 aliphatic heterocycles. The van der Waals surface area contributed by atoms with Gasteiger partial charge in [-0.25, -0.2) is 14.6 Å². The third-order valence-corrected chi connectivity index (χ3v) is 5.25. The number of anilines is 1. The largest absolute Gasteiger partial charge is 0.338 e. The number of hydrogen-bond donors (Lipinski definition) is 0. The predicted octanol–water partition coefficient (Wildman–Crippen LogP) is 1.71. The molecule has 128 valence electrons. The van der Waals surface area contributed by atoms with Crippen molar-refractivity contribution in [2.24, 2.45) is 0 Å². The van der Waals surface area contributed by atoms with Gasteiger partial charge in [0.05, 0.1) is 6.67 Å². The summed E-state index contributed by atoms with van der Waals surface area (Å²) in [5, 5.41) is 4.78.